The van der Waals surface area contributed by atoms with Crippen molar-refractivity contribution < 1.29 is 23.9 Å². The van der Waals surface area contributed by atoms with E-state index in [4.69, 9.17) is 4.74 Å². The molecule has 26 heavy (non-hydrogen) atoms. The first kappa shape index (κ1) is 17.3. The van der Waals surface area contributed by atoms with Gasteiger partial charge in [-0.1, -0.05) is 24.3 Å². The lowest BCUT2D eigenvalue weighted by Crippen LogP contribution is -2.33. The van der Waals surface area contributed by atoms with Crippen LogP contribution in [-0.2, 0) is 16.1 Å². The fraction of sp³-hybridized carbons (Fsp3) is 0.158. The maximum Gasteiger partial charge on any atom is 0.339 e. The molecule has 7 heteroatoms. The molecule has 1 N–H and O–H groups in total. The van der Waals surface area contributed by atoms with Crippen molar-refractivity contribution in [3.8, 4) is 0 Å². The molecule has 0 fully saturated rings. The quantitative estimate of drug-likeness (QED) is 0.653. The summed E-state index contributed by atoms with van der Waals surface area (Å²) in [7, 11) is 0. The molecule has 0 saturated heterocycles. The van der Waals surface area contributed by atoms with Gasteiger partial charge in [0, 0.05) is 13.5 Å². The monoisotopic (exact) mass is 352 g/mol. The first-order valence-corrected chi connectivity index (χ1v) is 7.93. The summed E-state index contributed by atoms with van der Waals surface area (Å²) >= 11 is 0. The predicted octanol–water partition coefficient (Wildman–Crippen LogP) is 1.73. The minimum absolute atomic E-state index is 0.144. The Morgan fingerprint density at radius 2 is 1.54 bits per heavy atom. The highest BCUT2D eigenvalue weighted by Crippen LogP contribution is 2.22. The summed E-state index contributed by atoms with van der Waals surface area (Å²) in [5.41, 5.74) is 1.72. The topological polar surface area (TPSA) is 92.8 Å². The fourth-order valence-corrected chi connectivity index (χ4v) is 2.55. The van der Waals surface area contributed by atoms with Crippen LogP contribution in [-0.4, -0.2) is 35.3 Å². The molecule has 0 aliphatic carbocycles. The summed E-state index contributed by atoms with van der Waals surface area (Å²) in [6, 6.07) is 13.0. The SMILES string of the molecule is CC(=O)NCc1ccc(C(=O)OCN2C(=O)c3ccccc3C2=O)cc1. The summed E-state index contributed by atoms with van der Waals surface area (Å²) in [6.45, 7) is 1.34. The van der Waals surface area contributed by atoms with E-state index in [9.17, 15) is 19.2 Å². The molecule has 0 spiro atoms. The maximum absolute atomic E-state index is 12.2. The van der Waals surface area contributed by atoms with Crippen LogP contribution >= 0.6 is 0 Å². The first-order chi connectivity index (χ1) is 12.5. The van der Waals surface area contributed by atoms with Gasteiger partial charge in [0.2, 0.25) is 5.91 Å². The van der Waals surface area contributed by atoms with E-state index in [2.05, 4.69) is 5.32 Å². The Bertz CT molecular complexity index is 854. The zero-order valence-electron chi connectivity index (χ0n) is 14.0. The Labute approximate surface area is 149 Å². The molecule has 3 rings (SSSR count). The van der Waals surface area contributed by atoms with Gasteiger partial charge in [-0.3, -0.25) is 14.4 Å². The molecule has 0 bridgehead atoms. The fourth-order valence-electron chi connectivity index (χ4n) is 2.55. The Morgan fingerprint density at radius 3 is 2.08 bits per heavy atom. The van der Waals surface area contributed by atoms with Gasteiger partial charge in [0.15, 0.2) is 6.73 Å². The van der Waals surface area contributed by atoms with Crippen LogP contribution in [0.1, 0.15) is 43.6 Å². The lowest BCUT2D eigenvalue weighted by Gasteiger charge is -2.14. The van der Waals surface area contributed by atoms with Crippen molar-refractivity contribution in [3.63, 3.8) is 0 Å². The number of nitrogens with one attached hydrogen (secondary N) is 1. The predicted molar refractivity (Wildman–Crippen MR) is 91.2 cm³/mol. The highest BCUT2D eigenvalue weighted by molar-refractivity contribution is 6.21. The number of hydrogen-bond acceptors (Lipinski definition) is 5. The van der Waals surface area contributed by atoms with Crippen LogP contribution in [0.25, 0.3) is 0 Å². The van der Waals surface area contributed by atoms with Gasteiger partial charge in [0.1, 0.15) is 0 Å². The lowest BCUT2D eigenvalue weighted by molar-refractivity contribution is -0.119. The minimum atomic E-state index is -0.646. The molecule has 3 amide bonds. The van der Waals surface area contributed by atoms with Gasteiger partial charge < -0.3 is 10.1 Å². The second-order valence-electron chi connectivity index (χ2n) is 5.75. The van der Waals surface area contributed by atoms with Crippen LogP contribution in [0.3, 0.4) is 0 Å². The summed E-state index contributed by atoms with van der Waals surface area (Å²) in [6.07, 6.45) is 0. The summed E-state index contributed by atoms with van der Waals surface area (Å²) in [4.78, 5) is 48.3. The molecule has 132 valence electrons. The molecule has 2 aromatic carbocycles. The highest BCUT2D eigenvalue weighted by atomic mass is 16.5. The molecule has 0 radical (unpaired) electrons. The number of fused-ring (bicyclic) bond motifs is 1. The molecular weight excluding hydrogens is 336 g/mol. The van der Waals surface area contributed by atoms with Crippen molar-refractivity contribution in [1.82, 2.24) is 10.2 Å². The van der Waals surface area contributed by atoms with E-state index in [-0.39, 0.29) is 11.5 Å². The molecule has 0 atom stereocenters. The number of amides is 3. The molecule has 0 aromatic heterocycles. The van der Waals surface area contributed by atoms with Gasteiger partial charge in [-0.15, -0.1) is 0 Å². The summed E-state index contributed by atoms with van der Waals surface area (Å²) < 4.78 is 5.10. The molecule has 1 heterocycles. The van der Waals surface area contributed by atoms with Crippen LogP contribution in [0.2, 0.25) is 0 Å². The van der Waals surface area contributed by atoms with Crippen LogP contribution in [0.15, 0.2) is 48.5 Å². The van der Waals surface area contributed by atoms with Crippen molar-refractivity contribution in [2.45, 2.75) is 13.5 Å². The molecule has 0 unspecified atom stereocenters. The standard InChI is InChI=1S/C19H16N2O5/c1-12(22)20-10-13-6-8-14(9-7-13)19(25)26-11-21-17(23)15-4-2-3-5-16(15)18(21)24/h2-9H,10-11H2,1H3,(H,20,22). The van der Waals surface area contributed by atoms with Gasteiger partial charge in [-0.25, -0.2) is 9.69 Å². The van der Waals surface area contributed by atoms with Crippen LogP contribution in [0.5, 0.6) is 0 Å². The van der Waals surface area contributed by atoms with E-state index in [1.807, 2.05) is 0 Å². The van der Waals surface area contributed by atoms with Gasteiger partial charge in [-0.2, -0.15) is 0 Å². The van der Waals surface area contributed by atoms with E-state index in [1.54, 1.807) is 48.5 Å². The average molecular weight is 352 g/mol. The number of imide groups is 1. The normalized spacial score (nSPS) is 12.7. The number of benzene rings is 2. The molecule has 1 aliphatic rings. The number of rotatable bonds is 5. The van der Waals surface area contributed by atoms with Crippen molar-refractivity contribution in [1.29, 1.82) is 0 Å². The van der Waals surface area contributed by atoms with Gasteiger partial charge in [0.25, 0.3) is 11.8 Å². The molecule has 1 aliphatic heterocycles. The Kier molecular flexibility index (Phi) is 4.79. The largest absolute Gasteiger partial charge is 0.440 e. The van der Waals surface area contributed by atoms with Crippen molar-refractivity contribution >= 4 is 23.7 Å². The van der Waals surface area contributed by atoms with Crippen LogP contribution in [0, 0.1) is 0 Å². The van der Waals surface area contributed by atoms with Gasteiger partial charge in [0.05, 0.1) is 16.7 Å². The zero-order chi connectivity index (χ0) is 18.7. The van der Waals surface area contributed by atoms with E-state index in [1.165, 1.54) is 6.92 Å². The Hall–Kier alpha value is -3.48. The van der Waals surface area contributed by atoms with Crippen molar-refractivity contribution in [3.05, 3.63) is 70.8 Å². The summed E-state index contributed by atoms with van der Waals surface area (Å²) in [5.74, 6) is -1.75. The minimum Gasteiger partial charge on any atom is -0.440 e. The van der Waals surface area contributed by atoms with Crippen LogP contribution < -0.4 is 5.32 Å². The average Bonchev–Trinajstić information content (AvgIpc) is 2.89. The Balaban J connectivity index is 1.60. The lowest BCUT2D eigenvalue weighted by atomic mass is 10.1. The van der Waals surface area contributed by atoms with Gasteiger partial charge >= 0.3 is 5.97 Å². The number of esters is 1. The number of carbonyl (C=O) groups is 4. The highest BCUT2D eigenvalue weighted by Gasteiger charge is 2.35. The molecule has 0 saturated carbocycles. The van der Waals surface area contributed by atoms with E-state index >= 15 is 0 Å². The second kappa shape index (κ2) is 7.18. The summed E-state index contributed by atoms with van der Waals surface area (Å²) in [5, 5.41) is 2.65. The maximum atomic E-state index is 12.2. The molecule has 2 aromatic rings. The number of hydrogen-bond donors (Lipinski definition) is 1. The van der Waals surface area contributed by atoms with Gasteiger partial charge in [-0.05, 0) is 29.8 Å². The molecule has 7 nitrogen and oxygen atoms in total. The molecular formula is C19H16N2O5. The van der Waals surface area contributed by atoms with E-state index in [0.29, 0.717) is 17.7 Å². The number of nitrogens with zero attached hydrogens (tertiary/aromatic N) is 1. The van der Waals surface area contributed by atoms with E-state index < -0.39 is 24.5 Å². The van der Waals surface area contributed by atoms with E-state index in [0.717, 1.165) is 10.5 Å². The number of ether oxygens (including phenoxy) is 1. The Morgan fingerprint density at radius 1 is 0.962 bits per heavy atom. The number of carbonyl (C=O) groups excluding carboxylic acids is 4. The first-order valence-electron chi connectivity index (χ1n) is 7.93. The zero-order valence-corrected chi connectivity index (χ0v) is 14.0. The third kappa shape index (κ3) is 3.46. The third-order valence-electron chi connectivity index (χ3n) is 3.93. The third-order valence-corrected chi connectivity index (χ3v) is 3.93. The second-order valence-corrected chi connectivity index (χ2v) is 5.75. The van der Waals surface area contributed by atoms with Crippen molar-refractivity contribution in [2.24, 2.45) is 0 Å². The van der Waals surface area contributed by atoms with Crippen molar-refractivity contribution in [2.75, 3.05) is 6.73 Å². The smallest absolute Gasteiger partial charge is 0.339 e. The van der Waals surface area contributed by atoms with Crippen LogP contribution in [0.4, 0.5) is 0 Å².